The average molecular weight is 464 g/mol. The second-order valence-electron chi connectivity index (χ2n) is 6.19. The summed E-state index contributed by atoms with van der Waals surface area (Å²) in [5.41, 5.74) is 4.00. The molecule has 0 atom stereocenters. The van der Waals surface area contributed by atoms with Crippen molar-refractivity contribution < 1.29 is 14.7 Å². The number of phenols is 1. The maximum atomic E-state index is 12.7. The molecule has 150 valence electrons. The van der Waals surface area contributed by atoms with E-state index in [4.69, 9.17) is 0 Å². The molecule has 0 aromatic heterocycles. The number of halogens is 1. The van der Waals surface area contributed by atoms with Gasteiger partial charge >= 0.3 is 0 Å². The molecule has 0 saturated heterocycles. The zero-order chi connectivity index (χ0) is 21.3. The Labute approximate surface area is 182 Å². The molecular weight excluding hydrogens is 446 g/mol. The Balaban J connectivity index is 1.79. The van der Waals surface area contributed by atoms with Gasteiger partial charge in [0.25, 0.3) is 11.8 Å². The van der Waals surface area contributed by atoms with Gasteiger partial charge in [-0.1, -0.05) is 64.5 Å². The number of nitrogens with zero attached hydrogens (tertiary/aromatic N) is 1. The first-order valence-electron chi connectivity index (χ1n) is 8.98. The zero-order valence-electron chi connectivity index (χ0n) is 15.7. The van der Waals surface area contributed by atoms with Crippen LogP contribution in [-0.2, 0) is 4.79 Å². The van der Waals surface area contributed by atoms with Gasteiger partial charge < -0.3 is 10.4 Å². The van der Waals surface area contributed by atoms with E-state index in [1.54, 1.807) is 48.5 Å². The molecule has 6 nitrogen and oxygen atoms in total. The normalized spacial score (nSPS) is 11.3. The number of amides is 2. The van der Waals surface area contributed by atoms with Crippen LogP contribution in [-0.4, -0.2) is 23.1 Å². The fraction of sp³-hybridized carbons (Fsp3) is 0. The molecule has 30 heavy (non-hydrogen) atoms. The van der Waals surface area contributed by atoms with Crippen LogP contribution in [0.4, 0.5) is 0 Å². The third-order valence-electron chi connectivity index (χ3n) is 4.00. The summed E-state index contributed by atoms with van der Waals surface area (Å²) >= 11 is 3.31. The lowest BCUT2D eigenvalue weighted by Gasteiger charge is -2.09. The minimum absolute atomic E-state index is 0.0219. The van der Waals surface area contributed by atoms with E-state index in [0.717, 1.165) is 10.0 Å². The number of hydrogen-bond donors (Lipinski definition) is 3. The molecular formula is C23H18BrN3O3. The van der Waals surface area contributed by atoms with E-state index in [-0.39, 0.29) is 11.4 Å². The van der Waals surface area contributed by atoms with Crippen molar-refractivity contribution in [1.82, 2.24) is 10.7 Å². The third kappa shape index (κ3) is 5.89. The second kappa shape index (κ2) is 10.2. The standard InChI is InChI=1S/C23H18BrN3O3/c24-19-11-12-21(28)18(14-19)15-25-27-23(30)20(13-16-7-3-1-4-8-16)26-22(29)17-9-5-2-6-10-17/h1-15,28H,(H,26,29)(H,27,30)/b20-13-,25-15+. The number of hydrazone groups is 1. The molecule has 2 amide bonds. The number of benzene rings is 3. The fourth-order valence-corrected chi connectivity index (χ4v) is 2.89. The predicted molar refractivity (Wildman–Crippen MR) is 120 cm³/mol. The van der Waals surface area contributed by atoms with E-state index in [0.29, 0.717) is 11.1 Å². The van der Waals surface area contributed by atoms with Gasteiger partial charge in [-0.3, -0.25) is 9.59 Å². The molecule has 0 aliphatic rings. The van der Waals surface area contributed by atoms with Crippen LogP contribution in [0.3, 0.4) is 0 Å². The van der Waals surface area contributed by atoms with Crippen LogP contribution in [0.1, 0.15) is 21.5 Å². The van der Waals surface area contributed by atoms with Crippen molar-refractivity contribution >= 4 is 40.0 Å². The van der Waals surface area contributed by atoms with Crippen LogP contribution >= 0.6 is 15.9 Å². The summed E-state index contributed by atoms with van der Waals surface area (Å²) in [6.45, 7) is 0. The van der Waals surface area contributed by atoms with Gasteiger partial charge in [0.05, 0.1) is 6.21 Å². The number of rotatable bonds is 6. The SMILES string of the molecule is O=C(N/N=C/c1cc(Br)ccc1O)/C(=C/c1ccccc1)NC(=O)c1ccccc1. The first-order chi connectivity index (χ1) is 14.5. The zero-order valence-corrected chi connectivity index (χ0v) is 17.3. The van der Waals surface area contributed by atoms with Crippen molar-refractivity contribution in [2.45, 2.75) is 0 Å². The Bertz CT molecular complexity index is 1100. The predicted octanol–water partition coefficient (Wildman–Crippen LogP) is 4.08. The van der Waals surface area contributed by atoms with Crippen molar-refractivity contribution in [3.63, 3.8) is 0 Å². The molecule has 0 unspecified atom stereocenters. The van der Waals surface area contributed by atoms with Gasteiger partial charge in [-0.25, -0.2) is 5.43 Å². The first-order valence-corrected chi connectivity index (χ1v) is 9.77. The van der Waals surface area contributed by atoms with E-state index in [1.807, 2.05) is 30.3 Å². The Kier molecular flexibility index (Phi) is 7.13. The summed E-state index contributed by atoms with van der Waals surface area (Å²) in [6.07, 6.45) is 2.87. The summed E-state index contributed by atoms with van der Waals surface area (Å²) in [7, 11) is 0. The van der Waals surface area contributed by atoms with Gasteiger partial charge in [0, 0.05) is 15.6 Å². The lowest BCUT2D eigenvalue weighted by atomic mass is 10.1. The van der Waals surface area contributed by atoms with E-state index < -0.39 is 11.8 Å². The Morgan fingerprint density at radius 2 is 1.60 bits per heavy atom. The molecule has 0 aliphatic carbocycles. The number of carbonyl (C=O) groups excluding carboxylic acids is 2. The highest BCUT2D eigenvalue weighted by Gasteiger charge is 2.14. The lowest BCUT2D eigenvalue weighted by molar-refractivity contribution is -0.117. The third-order valence-corrected chi connectivity index (χ3v) is 4.49. The van der Waals surface area contributed by atoms with Crippen LogP contribution in [0.25, 0.3) is 6.08 Å². The highest BCUT2D eigenvalue weighted by Crippen LogP contribution is 2.20. The molecule has 0 radical (unpaired) electrons. The maximum Gasteiger partial charge on any atom is 0.287 e. The van der Waals surface area contributed by atoms with Crippen LogP contribution in [0.15, 0.2) is 94.1 Å². The quantitative estimate of drug-likeness (QED) is 0.292. The minimum Gasteiger partial charge on any atom is -0.507 e. The molecule has 3 N–H and O–H groups in total. The molecule has 3 aromatic rings. The van der Waals surface area contributed by atoms with Crippen molar-refractivity contribution in [2.24, 2.45) is 5.10 Å². The van der Waals surface area contributed by atoms with E-state index in [1.165, 1.54) is 12.3 Å². The molecule has 0 bridgehead atoms. The molecule has 0 fully saturated rings. The number of hydrogen-bond acceptors (Lipinski definition) is 4. The Morgan fingerprint density at radius 1 is 0.933 bits per heavy atom. The molecule has 7 heteroatoms. The highest BCUT2D eigenvalue weighted by molar-refractivity contribution is 9.10. The van der Waals surface area contributed by atoms with E-state index in [9.17, 15) is 14.7 Å². The van der Waals surface area contributed by atoms with Crippen LogP contribution in [0, 0.1) is 0 Å². The van der Waals surface area contributed by atoms with Crippen molar-refractivity contribution in [1.29, 1.82) is 0 Å². The van der Waals surface area contributed by atoms with Gasteiger partial charge in [-0.15, -0.1) is 0 Å². The monoisotopic (exact) mass is 463 g/mol. The van der Waals surface area contributed by atoms with Crippen LogP contribution in [0.5, 0.6) is 5.75 Å². The number of phenolic OH excluding ortho intramolecular Hbond substituents is 1. The molecule has 0 spiro atoms. The van der Waals surface area contributed by atoms with Crippen LogP contribution < -0.4 is 10.7 Å². The first kappa shape index (κ1) is 21.0. The van der Waals surface area contributed by atoms with E-state index >= 15 is 0 Å². The Morgan fingerprint density at radius 3 is 2.30 bits per heavy atom. The average Bonchev–Trinajstić information content (AvgIpc) is 2.77. The van der Waals surface area contributed by atoms with E-state index in [2.05, 4.69) is 31.8 Å². The fourth-order valence-electron chi connectivity index (χ4n) is 2.51. The molecule has 3 aromatic carbocycles. The Hall–Kier alpha value is -3.71. The van der Waals surface area contributed by atoms with Crippen molar-refractivity contribution in [3.05, 3.63) is 106 Å². The summed E-state index contributed by atoms with van der Waals surface area (Å²) in [6, 6.07) is 22.6. The number of aromatic hydroxyl groups is 1. The van der Waals surface area contributed by atoms with Gasteiger partial charge in [-0.2, -0.15) is 5.10 Å². The smallest absolute Gasteiger partial charge is 0.287 e. The second-order valence-corrected chi connectivity index (χ2v) is 7.11. The van der Waals surface area contributed by atoms with Crippen LogP contribution in [0.2, 0.25) is 0 Å². The van der Waals surface area contributed by atoms with Gasteiger partial charge in [-0.05, 0) is 42.0 Å². The largest absolute Gasteiger partial charge is 0.507 e. The summed E-state index contributed by atoms with van der Waals surface area (Å²) < 4.78 is 0.757. The van der Waals surface area contributed by atoms with Crippen molar-refractivity contribution in [2.75, 3.05) is 0 Å². The highest BCUT2D eigenvalue weighted by atomic mass is 79.9. The molecule has 3 rings (SSSR count). The van der Waals surface area contributed by atoms with Gasteiger partial charge in [0.1, 0.15) is 11.4 Å². The molecule has 0 heterocycles. The summed E-state index contributed by atoms with van der Waals surface area (Å²) in [5, 5.41) is 16.4. The minimum atomic E-state index is -0.603. The summed E-state index contributed by atoms with van der Waals surface area (Å²) in [4.78, 5) is 25.2. The maximum absolute atomic E-state index is 12.7. The molecule has 0 saturated carbocycles. The van der Waals surface area contributed by atoms with Gasteiger partial charge in [0.2, 0.25) is 0 Å². The topological polar surface area (TPSA) is 90.8 Å². The summed E-state index contributed by atoms with van der Waals surface area (Å²) in [5.74, 6) is -0.996. The number of nitrogens with one attached hydrogen (secondary N) is 2. The lowest BCUT2D eigenvalue weighted by Crippen LogP contribution is -2.32. The number of carbonyl (C=O) groups is 2. The molecule has 0 aliphatic heterocycles. The van der Waals surface area contributed by atoms with Gasteiger partial charge in [0.15, 0.2) is 0 Å². The van der Waals surface area contributed by atoms with Crippen molar-refractivity contribution in [3.8, 4) is 5.75 Å².